The molecule has 1 unspecified atom stereocenters. The zero-order valence-electron chi connectivity index (χ0n) is 12.5. The summed E-state index contributed by atoms with van der Waals surface area (Å²) < 4.78 is 0. The van der Waals surface area contributed by atoms with Gasteiger partial charge in [0.05, 0.1) is 12.1 Å². The zero-order valence-corrected chi connectivity index (χ0v) is 12.5. The molecule has 2 N–H and O–H groups in total. The van der Waals surface area contributed by atoms with Crippen molar-refractivity contribution >= 4 is 0 Å². The van der Waals surface area contributed by atoms with E-state index < -0.39 is 0 Å². The van der Waals surface area contributed by atoms with Gasteiger partial charge in [0.25, 0.3) is 0 Å². The number of aryl methyl sites for hydroxylation is 1. The number of hydrogen-bond acceptors (Lipinski definition) is 2. The smallest absolute Gasteiger partial charge is 0.0579 e. The highest BCUT2D eigenvalue weighted by Gasteiger charge is 2.28. The van der Waals surface area contributed by atoms with Crippen LogP contribution in [0.2, 0.25) is 0 Å². The summed E-state index contributed by atoms with van der Waals surface area (Å²) >= 11 is 0. The first-order valence-corrected chi connectivity index (χ1v) is 7.76. The molecule has 0 aliphatic heterocycles. The van der Waals surface area contributed by atoms with E-state index in [9.17, 15) is 5.11 Å². The molecule has 0 aromatic heterocycles. The van der Waals surface area contributed by atoms with Crippen LogP contribution in [0.3, 0.4) is 0 Å². The van der Waals surface area contributed by atoms with E-state index >= 15 is 0 Å². The molecule has 1 atom stereocenters. The highest BCUT2D eigenvalue weighted by molar-refractivity contribution is 5.36. The van der Waals surface area contributed by atoms with Gasteiger partial charge in [-0.3, -0.25) is 0 Å². The lowest BCUT2D eigenvalue weighted by molar-refractivity contribution is 0.0423. The van der Waals surface area contributed by atoms with E-state index in [4.69, 9.17) is 0 Å². The molecule has 21 heavy (non-hydrogen) atoms. The first kappa shape index (κ1) is 14.3. The van der Waals surface area contributed by atoms with Crippen molar-refractivity contribution < 1.29 is 5.11 Å². The maximum absolute atomic E-state index is 9.43. The van der Waals surface area contributed by atoms with Gasteiger partial charge in [-0.15, -0.1) is 0 Å². The molecule has 0 radical (unpaired) electrons. The molecule has 2 aromatic carbocycles. The molecule has 0 spiro atoms. The first-order valence-electron chi connectivity index (χ1n) is 7.76. The molecule has 0 amide bonds. The fourth-order valence-corrected chi connectivity index (χ4v) is 3.12. The summed E-state index contributed by atoms with van der Waals surface area (Å²) in [5.41, 5.74) is 3.95. The lowest BCUT2D eigenvalue weighted by atomic mass is 9.82. The Morgan fingerprint density at radius 3 is 2.38 bits per heavy atom. The zero-order chi connectivity index (χ0) is 14.7. The van der Waals surface area contributed by atoms with Gasteiger partial charge in [0.15, 0.2) is 0 Å². The van der Waals surface area contributed by atoms with Crippen molar-refractivity contribution in [3.05, 3.63) is 71.3 Å². The summed E-state index contributed by atoms with van der Waals surface area (Å²) in [6.07, 6.45) is 1.79. The van der Waals surface area contributed by atoms with E-state index in [-0.39, 0.29) is 12.1 Å². The first-order chi connectivity index (χ1) is 10.2. The minimum Gasteiger partial charge on any atom is -0.393 e. The minimum atomic E-state index is -0.0783. The van der Waals surface area contributed by atoms with Gasteiger partial charge in [-0.05, 0) is 48.9 Å². The van der Waals surface area contributed by atoms with Gasteiger partial charge in [0.2, 0.25) is 0 Å². The van der Waals surface area contributed by atoms with Gasteiger partial charge in [-0.1, -0.05) is 54.6 Å². The van der Waals surface area contributed by atoms with Gasteiger partial charge < -0.3 is 10.4 Å². The number of aliphatic hydroxyl groups is 1. The van der Waals surface area contributed by atoms with Crippen LogP contribution >= 0.6 is 0 Å². The summed E-state index contributed by atoms with van der Waals surface area (Å²) in [5, 5.41) is 13.1. The highest BCUT2D eigenvalue weighted by Crippen LogP contribution is 2.29. The summed E-state index contributed by atoms with van der Waals surface area (Å²) in [7, 11) is 0. The summed E-state index contributed by atoms with van der Waals surface area (Å²) in [5.74, 6) is 0.607. The van der Waals surface area contributed by atoms with Gasteiger partial charge in [-0.25, -0.2) is 0 Å². The van der Waals surface area contributed by atoms with E-state index in [1.807, 2.05) is 0 Å². The second-order valence-corrected chi connectivity index (χ2v) is 6.10. The van der Waals surface area contributed by atoms with E-state index in [0.717, 1.165) is 19.4 Å². The third-order valence-corrected chi connectivity index (χ3v) is 4.45. The van der Waals surface area contributed by atoms with Crippen LogP contribution in [0.1, 0.15) is 35.6 Å². The number of nitrogens with one attached hydrogen (secondary N) is 1. The Balaban J connectivity index is 1.80. The van der Waals surface area contributed by atoms with Crippen molar-refractivity contribution in [2.24, 2.45) is 5.92 Å². The van der Waals surface area contributed by atoms with E-state index in [1.165, 1.54) is 16.7 Å². The average molecular weight is 281 g/mol. The van der Waals surface area contributed by atoms with Crippen LogP contribution in [-0.2, 0) is 0 Å². The third kappa shape index (κ3) is 3.34. The lowest BCUT2D eigenvalue weighted by Gasteiger charge is -2.33. The molecule has 1 aliphatic carbocycles. The van der Waals surface area contributed by atoms with Crippen molar-refractivity contribution in [3.8, 4) is 0 Å². The van der Waals surface area contributed by atoms with E-state index in [0.29, 0.717) is 5.92 Å². The summed E-state index contributed by atoms with van der Waals surface area (Å²) in [4.78, 5) is 0. The molecule has 0 heterocycles. The Bertz CT molecular complexity index is 575. The van der Waals surface area contributed by atoms with Gasteiger partial charge >= 0.3 is 0 Å². The molecule has 3 rings (SSSR count). The predicted octanol–water partition coefficient (Wildman–Crippen LogP) is 3.44. The van der Waals surface area contributed by atoms with Gasteiger partial charge in [-0.2, -0.15) is 0 Å². The number of hydrogen-bond donors (Lipinski definition) is 2. The standard InChI is InChI=1S/C19H23NO/c1-14-7-5-6-10-18(14)19(16-8-3-2-4-9-16)20-13-15-11-17(21)12-15/h2-10,15,17,19-21H,11-13H2,1H3. The molecule has 2 aromatic rings. The molecule has 0 saturated heterocycles. The second kappa shape index (κ2) is 6.42. The molecule has 1 aliphatic rings. The van der Waals surface area contributed by atoms with Crippen LogP contribution in [0, 0.1) is 12.8 Å². The number of aliphatic hydroxyl groups excluding tert-OH is 1. The molecule has 1 fully saturated rings. The SMILES string of the molecule is Cc1ccccc1C(NCC1CC(O)C1)c1ccccc1. The fraction of sp³-hybridized carbons (Fsp3) is 0.368. The van der Waals surface area contributed by atoms with E-state index in [2.05, 4.69) is 66.8 Å². The average Bonchev–Trinajstić information content (AvgIpc) is 2.48. The van der Waals surface area contributed by atoms with Crippen LogP contribution in [0.25, 0.3) is 0 Å². The van der Waals surface area contributed by atoms with Crippen LogP contribution in [-0.4, -0.2) is 17.8 Å². The summed E-state index contributed by atoms with van der Waals surface area (Å²) in [6.45, 7) is 3.13. The van der Waals surface area contributed by atoms with Gasteiger partial charge in [0.1, 0.15) is 0 Å². The Morgan fingerprint density at radius 1 is 1.05 bits per heavy atom. The highest BCUT2D eigenvalue weighted by atomic mass is 16.3. The quantitative estimate of drug-likeness (QED) is 0.880. The van der Waals surface area contributed by atoms with Crippen molar-refractivity contribution in [3.63, 3.8) is 0 Å². The van der Waals surface area contributed by atoms with E-state index in [1.54, 1.807) is 0 Å². The largest absolute Gasteiger partial charge is 0.393 e. The predicted molar refractivity (Wildman–Crippen MR) is 86.2 cm³/mol. The molecule has 0 bridgehead atoms. The third-order valence-electron chi connectivity index (χ3n) is 4.45. The normalized spacial score (nSPS) is 22.6. The topological polar surface area (TPSA) is 32.3 Å². The van der Waals surface area contributed by atoms with Crippen LogP contribution < -0.4 is 5.32 Å². The molecule has 110 valence electrons. The van der Waals surface area contributed by atoms with Crippen LogP contribution in [0.4, 0.5) is 0 Å². The molecular weight excluding hydrogens is 258 g/mol. The Morgan fingerprint density at radius 2 is 1.71 bits per heavy atom. The Kier molecular flexibility index (Phi) is 4.37. The van der Waals surface area contributed by atoms with Crippen molar-refractivity contribution in [1.82, 2.24) is 5.32 Å². The number of benzene rings is 2. The molecule has 1 saturated carbocycles. The molecule has 2 heteroatoms. The van der Waals surface area contributed by atoms with Crippen LogP contribution in [0.15, 0.2) is 54.6 Å². The maximum Gasteiger partial charge on any atom is 0.0579 e. The Labute approximate surface area is 126 Å². The van der Waals surface area contributed by atoms with Crippen LogP contribution in [0.5, 0.6) is 0 Å². The monoisotopic (exact) mass is 281 g/mol. The molecular formula is C19H23NO. The second-order valence-electron chi connectivity index (χ2n) is 6.10. The lowest BCUT2D eigenvalue weighted by Crippen LogP contribution is -2.37. The van der Waals surface area contributed by atoms with Crippen molar-refractivity contribution in [1.29, 1.82) is 0 Å². The number of rotatable bonds is 5. The van der Waals surface area contributed by atoms with Crippen molar-refractivity contribution in [2.45, 2.75) is 31.9 Å². The molecule has 2 nitrogen and oxygen atoms in total. The van der Waals surface area contributed by atoms with Gasteiger partial charge in [0, 0.05) is 0 Å². The van der Waals surface area contributed by atoms with Crippen molar-refractivity contribution in [2.75, 3.05) is 6.54 Å². The Hall–Kier alpha value is -1.64. The maximum atomic E-state index is 9.43. The fourth-order valence-electron chi connectivity index (χ4n) is 3.12. The summed E-state index contributed by atoms with van der Waals surface area (Å²) in [6, 6.07) is 19.4. The minimum absolute atomic E-state index is 0.0783.